The molecule has 1 aromatic carbocycles. The normalized spacial score (nSPS) is 14.3. The SMILES string of the molecule is CCCCO[Si](OCCCC)(OCCCC)C(C)c1ccc(C(C)Cl)cc1. The Hall–Kier alpha value is -0.393. The molecule has 0 aliphatic rings. The number of hydrogen-bond acceptors (Lipinski definition) is 3. The van der Waals surface area contributed by atoms with Gasteiger partial charge in [-0.2, -0.15) is 0 Å². The first-order valence-electron chi connectivity index (χ1n) is 10.7. The van der Waals surface area contributed by atoms with Gasteiger partial charge in [-0.15, -0.1) is 11.6 Å². The molecule has 3 nitrogen and oxygen atoms in total. The van der Waals surface area contributed by atoms with Crippen LogP contribution in [-0.2, 0) is 13.3 Å². The molecule has 156 valence electrons. The van der Waals surface area contributed by atoms with Crippen molar-refractivity contribution in [1.29, 1.82) is 0 Å². The molecule has 1 aromatic rings. The molecular weight excluding hydrogens is 376 g/mol. The zero-order chi connectivity index (χ0) is 20.1. The highest BCUT2D eigenvalue weighted by atomic mass is 35.5. The standard InChI is InChI=1S/C22H39ClO3Si/c1-6-9-16-24-27(25-17-10-7-2,26-18-11-8-3)20(5)22-14-12-21(13-15-22)19(4)23/h12-15,19-20H,6-11,16-18H2,1-5H3. The third-order valence-electron chi connectivity index (χ3n) is 4.83. The van der Waals surface area contributed by atoms with Crippen molar-refractivity contribution in [1.82, 2.24) is 0 Å². The molecule has 0 aliphatic carbocycles. The summed E-state index contributed by atoms with van der Waals surface area (Å²) in [6, 6.07) is 8.51. The largest absolute Gasteiger partial charge is 0.508 e. The minimum Gasteiger partial charge on any atom is -0.373 e. The number of benzene rings is 1. The summed E-state index contributed by atoms with van der Waals surface area (Å²) in [5.74, 6) is 0. The number of halogens is 1. The summed E-state index contributed by atoms with van der Waals surface area (Å²) in [5.41, 5.74) is 2.43. The molecule has 0 aliphatic heterocycles. The van der Waals surface area contributed by atoms with E-state index in [-0.39, 0.29) is 10.9 Å². The van der Waals surface area contributed by atoms with E-state index in [1.54, 1.807) is 0 Å². The molecule has 0 saturated carbocycles. The first-order chi connectivity index (χ1) is 13.0. The Kier molecular flexibility index (Phi) is 12.5. The fraction of sp³-hybridized carbons (Fsp3) is 0.727. The quantitative estimate of drug-likeness (QED) is 0.175. The first kappa shape index (κ1) is 24.6. The van der Waals surface area contributed by atoms with Gasteiger partial charge in [0.05, 0.1) is 10.9 Å². The van der Waals surface area contributed by atoms with E-state index in [9.17, 15) is 0 Å². The summed E-state index contributed by atoms with van der Waals surface area (Å²) in [6.45, 7) is 12.8. The topological polar surface area (TPSA) is 27.7 Å². The van der Waals surface area contributed by atoms with Gasteiger partial charge < -0.3 is 13.3 Å². The zero-order valence-electron chi connectivity index (χ0n) is 17.9. The van der Waals surface area contributed by atoms with Crippen LogP contribution in [0.3, 0.4) is 0 Å². The molecule has 0 radical (unpaired) electrons. The van der Waals surface area contributed by atoms with Crippen molar-refractivity contribution in [2.75, 3.05) is 19.8 Å². The molecule has 1 rings (SSSR count). The predicted octanol–water partition coefficient (Wildman–Crippen LogP) is 7.02. The third-order valence-corrected chi connectivity index (χ3v) is 8.29. The second-order valence-corrected chi connectivity index (χ2v) is 10.8. The van der Waals surface area contributed by atoms with Gasteiger partial charge in [0.15, 0.2) is 0 Å². The van der Waals surface area contributed by atoms with Crippen molar-refractivity contribution in [3.63, 3.8) is 0 Å². The Balaban J connectivity index is 3.06. The van der Waals surface area contributed by atoms with Gasteiger partial charge in [-0.3, -0.25) is 0 Å². The molecule has 0 amide bonds. The van der Waals surface area contributed by atoms with Crippen molar-refractivity contribution in [2.24, 2.45) is 0 Å². The maximum absolute atomic E-state index is 6.43. The van der Waals surface area contributed by atoms with E-state index < -0.39 is 8.80 Å². The van der Waals surface area contributed by atoms with Crippen molar-refractivity contribution < 1.29 is 13.3 Å². The lowest BCUT2D eigenvalue weighted by Crippen LogP contribution is -2.51. The Bertz CT molecular complexity index is 466. The highest BCUT2D eigenvalue weighted by Crippen LogP contribution is 2.32. The van der Waals surface area contributed by atoms with E-state index in [0.29, 0.717) is 19.8 Å². The molecule has 0 bridgehead atoms. The molecule has 0 heterocycles. The zero-order valence-corrected chi connectivity index (χ0v) is 19.7. The molecular formula is C22H39ClO3Si. The van der Waals surface area contributed by atoms with Gasteiger partial charge in [-0.25, -0.2) is 0 Å². The van der Waals surface area contributed by atoms with E-state index in [2.05, 4.69) is 52.0 Å². The minimum atomic E-state index is -2.83. The molecule has 2 atom stereocenters. The van der Waals surface area contributed by atoms with Gasteiger partial charge in [0, 0.05) is 19.8 Å². The fourth-order valence-corrected chi connectivity index (χ4v) is 5.86. The van der Waals surface area contributed by atoms with Crippen molar-refractivity contribution in [3.05, 3.63) is 35.4 Å². The lowest BCUT2D eigenvalue weighted by Gasteiger charge is -2.35. The van der Waals surface area contributed by atoms with Crippen LogP contribution < -0.4 is 0 Å². The molecule has 27 heavy (non-hydrogen) atoms. The van der Waals surface area contributed by atoms with Gasteiger partial charge in [-0.05, 0) is 37.3 Å². The summed E-state index contributed by atoms with van der Waals surface area (Å²) in [4.78, 5) is 0. The van der Waals surface area contributed by atoms with E-state index in [0.717, 1.165) is 44.1 Å². The van der Waals surface area contributed by atoms with Gasteiger partial charge in [-0.1, -0.05) is 71.2 Å². The second kappa shape index (κ2) is 13.7. The van der Waals surface area contributed by atoms with Crippen molar-refractivity contribution in [3.8, 4) is 0 Å². The molecule has 0 saturated heterocycles. The number of hydrogen-bond donors (Lipinski definition) is 0. The lowest BCUT2D eigenvalue weighted by molar-refractivity contribution is 0.0488. The molecule has 0 fully saturated rings. The summed E-state index contributed by atoms with van der Waals surface area (Å²) in [7, 11) is -2.83. The lowest BCUT2D eigenvalue weighted by atomic mass is 10.1. The Morgan fingerprint density at radius 2 is 1.11 bits per heavy atom. The monoisotopic (exact) mass is 414 g/mol. The van der Waals surface area contributed by atoms with Crippen molar-refractivity contribution >= 4 is 20.4 Å². The Labute approximate surface area is 173 Å². The maximum Gasteiger partial charge on any atom is 0.508 e. The predicted molar refractivity (Wildman–Crippen MR) is 117 cm³/mol. The van der Waals surface area contributed by atoms with Crippen molar-refractivity contribution in [2.45, 2.75) is 84.1 Å². The van der Waals surface area contributed by atoms with Gasteiger partial charge in [0.2, 0.25) is 0 Å². The van der Waals surface area contributed by atoms with Crippen LogP contribution in [0.5, 0.6) is 0 Å². The first-order valence-corrected chi connectivity index (χ1v) is 12.9. The molecule has 0 spiro atoms. The van der Waals surface area contributed by atoms with E-state index in [1.165, 1.54) is 5.56 Å². The van der Waals surface area contributed by atoms with Crippen LogP contribution >= 0.6 is 11.6 Å². The van der Waals surface area contributed by atoms with E-state index in [4.69, 9.17) is 24.9 Å². The average molecular weight is 415 g/mol. The average Bonchev–Trinajstić information content (AvgIpc) is 2.67. The third kappa shape index (κ3) is 8.24. The van der Waals surface area contributed by atoms with Crippen LogP contribution in [0.2, 0.25) is 0 Å². The van der Waals surface area contributed by atoms with Crippen LogP contribution in [0.1, 0.15) is 95.2 Å². The maximum atomic E-state index is 6.43. The molecule has 5 heteroatoms. The molecule has 0 N–H and O–H groups in total. The smallest absolute Gasteiger partial charge is 0.373 e. The summed E-state index contributed by atoms with van der Waals surface area (Å²) in [6.07, 6.45) is 6.39. The highest BCUT2D eigenvalue weighted by molar-refractivity contribution is 6.62. The number of alkyl halides is 1. The fourth-order valence-electron chi connectivity index (χ4n) is 2.83. The number of unbranched alkanes of at least 4 members (excludes halogenated alkanes) is 3. The van der Waals surface area contributed by atoms with Crippen LogP contribution in [-0.4, -0.2) is 28.6 Å². The second-order valence-electron chi connectivity index (χ2n) is 7.21. The van der Waals surface area contributed by atoms with Crippen LogP contribution in [0.4, 0.5) is 0 Å². The Morgan fingerprint density at radius 3 is 1.44 bits per heavy atom. The van der Waals surface area contributed by atoms with E-state index in [1.807, 2.05) is 6.92 Å². The summed E-state index contributed by atoms with van der Waals surface area (Å²) < 4.78 is 19.3. The summed E-state index contributed by atoms with van der Waals surface area (Å²) in [5, 5.41) is 0.0128. The highest BCUT2D eigenvalue weighted by Gasteiger charge is 2.48. The van der Waals surface area contributed by atoms with Crippen LogP contribution in [0, 0.1) is 0 Å². The van der Waals surface area contributed by atoms with Gasteiger partial charge >= 0.3 is 8.80 Å². The number of rotatable bonds is 15. The molecule has 0 aromatic heterocycles. The van der Waals surface area contributed by atoms with Crippen LogP contribution in [0.15, 0.2) is 24.3 Å². The Morgan fingerprint density at radius 1 is 0.741 bits per heavy atom. The van der Waals surface area contributed by atoms with Gasteiger partial charge in [0.25, 0.3) is 0 Å². The molecule has 2 unspecified atom stereocenters. The minimum absolute atomic E-state index is 0.0128. The van der Waals surface area contributed by atoms with E-state index >= 15 is 0 Å². The van der Waals surface area contributed by atoms with Crippen LogP contribution in [0.25, 0.3) is 0 Å². The van der Waals surface area contributed by atoms with Gasteiger partial charge in [0.1, 0.15) is 0 Å². The summed E-state index contributed by atoms with van der Waals surface area (Å²) >= 11 is 6.21.